The lowest BCUT2D eigenvalue weighted by Crippen LogP contribution is -2.29. The minimum absolute atomic E-state index is 0.898. The number of aromatic nitrogens is 1. The summed E-state index contributed by atoms with van der Waals surface area (Å²) in [6.45, 7) is 8.27. The number of fused-ring (bicyclic) bond motifs is 1. The van der Waals surface area contributed by atoms with E-state index >= 15 is 0 Å². The van der Waals surface area contributed by atoms with Crippen molar-refractivity contribution in [3.05, 3.63) is 47.5 Å². The summed E-state index contributed by atoms with van der Waals surface area (Å²) in [5.41, 5.74) is 3.91. The van der Waals surface area contributed by atoms with Crippen molar-refractivity contribution in [2.24, 2.45) is 0 Å². The van der Waals surface area contributed by atoms with Crippen LogP contribution in [0.15, 0.2) is 42.0 Å². The third-order valence-corrected chi connectivity index (χ3v) is 4.11. The molecule has 0 unspecified atom stereocenters. The van der Waals surface area contributed by atoms with Gasteiger partial charge in [0.15, 0.2) is 0 Å². The van der Waals surface area contributed by atoms with Gasteiger partial charge in [0.25, 0.3) is 0 Å². The predicted octanol–water partition coefficient (Wildman–Crippen LogP) is 3.50. The molecule has 2 aromatic rings. The highest BCUT2D eigenvalue weighted by molar-refractivity contribution is 5.84. The minimum Gasteiger partial charge on any atom is -0.353 e. The molecule has 0 aliphatic carbocycles. The zero-order valence-corrected chi connectivity index (χ0v) is 12.9. The molecule has 0 radical (unpaired) electrons. The second kappa shape index (κ2) is 6.27. The summed E-state index contributed by atoms with van der Waals surface area (Å²) in [5, 5.41) is 4.69. The highest BCUT2D eigenvalue weighted by Crippen LogP contribution is 2.25. The maximum Gasteiger partial charge on any atom is 0.129 e. The van der Waals surface area contributed by atoms with Crippen LogP contribution in [0.3, 0.4) is 0 Å². The van der Waals surface area contributed by atoms with Gasteiger partial charge in [0, 0.05) is 25.0 Å². The van der Waals surface area contributed by atoms with Gasteiger partial charge < -0.3 is 10.2 Å². The molecule has 1 aromatic carbocycles. The van der Waals surface area contributed by atoms with Crippen molar-refractivity contribution < 1.29 is 0 Å². The molecule has 2 heterocycles. The Kier molecular flexibility index (Phi) is 4.20. The molecule has 110 valence electrons. The van der Waals surface area contributed by atoms with Gasteiger partial charge in [-0.25, -0.2) is 4.98 Å². The Morgan fingerprint density at radius 1 is 1.29 bits per heavy atom. The summed E-state index contributed by atoms with van der Waals surface area (Å²) in [4.78, 5) is 7.23. The maximum absolute atomic E-state index is 4.86. The topological polar surface area (TPSA) is 28.2 Å². The number of rotatable bonds is 4. The summed E-state index contributed by atoms with van der Waals surface area (Å²) in [6.07, 6.45) is 3.45. The largest absolute Gasteiger partial charge is 0.353 e. The first kappa shape index (κ1) is 14.1. The first-order valence-corrected chi connectivity index (χ1v) is 7.78. The van der Waals surface area contributed by atoms with E-state index in [1.54, 1.807) is 0 Å². The average Bonchev–Trinajstić information content (AvgIpc) is 2.53. The van der Waals surface area contributed by atoms with Gasteiger partial charge >= 0.3 is 0 Å². The zero-order valence-electron chi connectivity index (χ0n) is 12.9. The average molecular weight is 281 g/mol. The number of nitrogens with one attached hydrogen (secondary N) is 1. The van der Waals surface area contributed by atoms with Gasteiger partial charge in [-0.3, -0.25) is 0 Å². The van der Waals surface area contributed by atoms with Gasteiger partial charge in [-0.2, -0.15) is 0 Å². The first-order chi connectivity index (χ1) is 10.3. The fourth-order valence-corrected chi connectivity index (χ4v) is 2.78. The molecule has 0 saturated carbocycles. The lowest BCUT2D eigenvalue weighted by atomic mass is 10.1. The smallest absolute Gasteiger partial charge is 0.129 e. The van der Waals surface area contributed by atoms with Gasteiger partial charge in [-0.1, -0.05) is 36.8 Å². The minimum atomic E-state index is 0.898. The van der Waals surface area contributed by atoms with Crippen LogP contribution in [0.4, 0.5) is 5.82 Å². The monoisotopic (exact) mass is 281 g/mol. The Balaban J connectivity index is 1.99. The highest BCUT2D eigenvalue weighted by atomic mass is 15.2. The Labute approximate surface area is 126 Å². The summed E-state index contributed by atoms with van der Waals surface area (Å²) in [6, 6.07) is 10.7. The normalized spacial score (nSPS) is 15.3. The molecule has 0 fully saturated rings. The molecule has 0 amide bonds. The van der Waals surface area contributed by atoms with Crippen LogP contribution in [0, 0.1) is 0 Å². The standard InChI is InChI=1S/C18H23N3/c1-3-19-13-15-12-18(21-10-8-14(2)9-11-21)20-17-7-5-4-6-16(15)17/h4-8,12,19H,3,9-11,13H2,1-2H3. The van der Waals surface area contributed by atoms with Crippen molar-refractivity contribution in [1.82, 2.24) is 10.3 Å². The van der Waals surface area contributed by atoms with E-state index in [0.29, 0.717) is 0 Å². The number of anilines is 1. The van der Waals surface area contributed by atoms with Crippen LogP contribution in [-0.4, -0.2) is 24.6 Å². The summed E-state index contributed by atoms with van der Waals surface area (Å²) < 4.78 is 0. The van der Waals surface area contributed by atoms with Gasteiger partial charge in [0.05, 0.1) is 5.52 Å². The van der Waals surface area contributed by atoms with E-state index < -0.39 is 0 Å². The van der Waals surface area contributed by atoms with Crippen LogP contribution < -0.4 is 10.2 Å². The lowest BCUT2D eigenvalue weighted by Gasteiger charge is -2.27. The third-order valence-electron chi connectivity index (χ3n) is 4.11. The van der Waals surface area contributed by atoms with E-state index in [1.807, 2.05) is 0 Å². The van der Waals surface area contributed by atoms with E-state index in [2.05, 4.69) is 60.5 Å². The molecule has 1 aliphatic rings. The second-order valence-electron chi connectivity index (χ2n) is 5.68. The maximum atomic E-state index is 4.86. The van der Waals surface area contributed by atoms with Crippen molar-refractivity contribution >= 4 is 16.7 Å². The molecule has 3 nitrogen and oxygen atoms in total. The Morgan fingerprint density at radius 2 is 2.14 bits per heavy atom. The van der Waals surface area contributed by atoms with Crippen LogP contribution in [0.1, 0.15) is 25.8 Å². The van der Waals surface area contributed by atoms with Crippen LogP contribution >= 0.6 is 0 Å². The molecule has 0 bridgehead atoms. The number of benzene rings is 1. The first-order valence-electron chi connectivity index (χ1n) is 7.78. The van der Waals surface area contributed by atoms with Gasteiger partial charge in [-0.15, -0.1) is 0 Å². The van der Waals surface area contributed by atoms with Crippen molar-refractivity contribution in [1.29, 1.82) is 0 Å². The van der Waals surface area contributed by atoms with E-state index in [1.165, 1.54) is 16.5 Å². The zero-order chi connectivity index (χ0) is 14.7. The fraction of sp³-hybridized carbons (Fsp3) is 0.389. The Bertz CT molecular complexity index is 661. The number of pyridine rings is 1. The van der Waals surface area contributed by atoms with Crippen molar-refractivity contribution in [2.45, 2.75) is 26.8 Å². The van der Waals surface area contributed by atoms with Crippen molar-refractivity contribution in [3.63, 3.8) is 0 Å². The summed E-state index contributed by atoms with van der Waals surface area (Å²) >= 11 is 0. The van der Waals surface area contributed by atoms with E-state index in [9.17, 15) is 0 Å². The number of hydrogen-bond acceptors (Lipinski definition) is 3. The van der Waals surface area contributed by atoms with Crippen molar-refractivity contribution in [3.8, 4) is 0 Å². The molecule has 0 atom stereocenters. The number of para-hydroxylation sites is 1. The number of nitrogens with zero attached hydrogens (tertiary/aromatic N) is 2. The molecule has 0 spiro atoms. The van der Waals surface area contributed by atoms with E-state index in [0.717, 1.165) is 43.9 Å². The van der Waals surface area contributed by atoms with Crippen LogP contribution in [0.5, 0.6) is 0 Å². The fourth-order valence-electron chi connectivity index (χ4n) is 2.78. The quantitative estimate of drug-likeness (QED) is 0.869. The molecule has 1 N–H and O–H groups in total. The van der Waals surface area contributed by atoms with Crippen LogP contribution in [-0.2, 0) is 6.54 Å². The Morgan fingerprint density at radius 3 is 2.90 bits per heavy atom. The summed E-state index contributed by atoms with van der Waals surface area (Å²) in [7, 11) is 0. The van der Waals surface area contributed by atoms with Gasteiger partial charge in [0.2, 0.25) is 0 Å². The Hall–Kier alpha value is -1.87. The van der Waals surface area contributed by atoms with E-state index in [-0.39, 0.29) is 0 Å². The van der Waals surface area contributed by atoms with Crippen LogP contribution in [0.25, 0.3) is 10.9 Å². The van der Waals surface area contributed by atoms with Crippen molar-refractivity contribution in [2.75, 3.05) is 24.5 Å². The molecule has 3 heteroatoms. The molecule has 0 saturated heterocycles. The SMILES string of the molecule is CCNCc1cc(N2CC=C(C)CC2)nc2ccccc12. The molecular weight excluding hydrogens is 258 g/mol. The molecular formula is C18H23N3. The second-order valence-corrected chi connectivity index (χ2v) is 5.68. The molecule has 1 aromatic heterocycles. The molecule has 1 aliphatic heterocycles. The highest BCUT2D eigenvalue weighted by Gasteiger charge is 2.13. The van der Waals surface area contributed by atoms with Gasteiger partial charge in [0.1, 0.15) is 5.82 Å². The lowest BCUT2D eigenvalue weighted by molar-refractivity contribution is 0.727. The molecule has 3 rings (SSSR count). The van der Waals surface area contributed by atoms with Gasteiger partial charge in [-0.05, 0) is 37.6 Å². The number of hydrogen-bond donors (Lipinski definition) is 1. The summed E-state index contributed by atoms with van der Waals surface area (Å²) in [5.74, 6) is 1.10. The third kappa shape index (κ3) is 3.08. The van der Waals surface area contributed by atoms with Crippen LogP contribution in [0.2, 0.25) is 0 Å². The molecule has 21 heavy (non-hydrogen) atoms. The van der Waals surface area contributed by atoms with E-state index in [4.69, 9.17) is 4.98 Å². The predicted molar refractivity (Wildman–Crippen MR) is 89.7 cm³/mol.